The first kappa shape index (κ1) is 23.9. The molecule has 0 heterocycles. The van der Waals surface area contributed by atoms with Gasteiger partial charge >= 0.3 is 5.97 Å². The van der Waals surface area contributed by atoms with Crippen LogP contribution in [0.5, 0.6) is 5.75 Å². The number of esters is 1. The molecule has 0 saturated carbocycles. The molecule has 0 aliphatic rings. The van der Waals surface area contributed by atoms with Crippen LogP contribution in [0.1, 0.15) is 31.1 Å². The van der Waals surface area contributed by atoms with Crippen LogP contribution in [0.4, 0.5) is 14.5 Å². The summed E-state index contributed by atoms with van der Waals surface area (Å²) in [6.45, 7) is 4.56. The SMILES string of the molecule is COc1ccc(-c2cccc(N(CC(=O)OC(C)(C)C)C(=O)c3c(F)cccc3F)c2)cc1. The largest absolute Gasteiger partial charge is 0.497 e. The quantitative estimate of drug-likeness (QED) is 0.454. The molecule has 1 amide bonds. The lowest BCUT2D eigenvalue weighted by Crippen LogP contribution is -2.39. The normalized spacial score (nSPS) is 11.1. The highest BCUT2D eigenvalue weighted by molar-refractivity contribution is 6.09. The number of hydrogen-bond donors (Lipinski definition) is 0. The number of nitrogens with zero attached hydrogens (tertiary/aromatic N) is 1. The molecule has 3 aromatic rings. The van der Waals surface area contributed by atoms with Gasteiger partial charge < -0.3 is 9.47 Å². The number of rotatable bonds is 6. The van der Waals surface area contributed by atoms with Gasteiger partial charge in [0.15, 0.2) is 0 Å². The van der Waals surface area contributed by atoms with Crippen molar-refractivity contribution in [2.45, 2.75) is 26.4 Å². The Morgan fingerprint density at radius 3 is 2.06 bits per heavy atom. The Kier molecular flexibility index (Phi) is 7.11. The van der Waals surface area contributed by atoms with Crippen molar-refractivity contribution >= 4 is 17.6 Å². The zero-order chi connectivity index (χ0) is 24.2. The van der Waals surface area contributed by atoms with E-state index in [1.54, 1.807) is 58.2 Å². The van der Waals surface area contributed by atoms with Crippen LogP contribution in [0.2, 0.25) is 0 Å². The van der Waals surface area contributed by atoms with Crippen LogP contribution in [0.15, 0.2) is 66.7 Å². The molecule has 0 aliphatic carbocycles. The summed E-state index contributed by atoms with van der Waals surface area (Å²) in [6.07, 6.45) is 0. The minimum atomic E-state index is -1.01. The molecule has 3 aromatic carbocycles. The van der Waals surface area contributed by atoms with E-state index in [-0.39, 0.29) is 0 Å². The third-order valence-electron chi connectivity index (χ3n) is 4.71. The summed E-state index contributed by atoms with van der Waals surface area (Å²) >= 11 is 0. The molecule has 172 valence electrons. The molecule has 7 heteroatoms. The minimum Gasteiger partial charge on any atom is -0.497 e. The number of carbonyl (C=O) groups is 2. The van der Waals surface area contributed by atoms with Gasteiger partial charge in [-0.1, -0.05) is 30.3 Å². The Morgan fingerprint density at radius 1 is 0.879 bits per heavy atom. The number of methoxy groups -OCH3 is 1. The van der Waals surface area contributed by atoms with Crippen molar-refractivity contribution < 1.29 is 27.8 Å². The van der Waals surface area contributed by atoms with E-state index in [0.29, 0.717) is 11.4 Å². The van der Waals surface area contributed by atoms with Crippen LogP contribution in [-0.4, -0.2) is 31.1 Å². The molecule has 0 spiro atoms. The molecule has 0 N–H and O–H groups in total. The van der Waals surface area contributed by atoms with Gasteiger partial charge in [-0.3, -0.25) is 14.5 Å². The number of halogens is 2. The van der Waals surface area contributed by atoms with Gasteiger partial charge in [0.25, 0.3) is 5.91 Å². The molecule has 5 nitrogen and oxygen atoms in total. The summed E-state index contributed by atoms with van der Waals surface area (Å²) in [5.74, 6) is -3.03. The maximum absolute atomic E-state index is 14.4. The Morgan fingerprint density at radius 2 is 1.48 bits per heavy atom. The van der Waals surface area contributed by atoms with Gasteiger partial charge in [-0.25, -0.2) is 8.78 Å². The highest BCUT2D eigenvalue weighted by Gasteiger charge is 2.28. The molecule has 0 saturated heterocycles. The fourth-order valence-electron chi connectivity index (χ4n) is 3.26. The molecule has 0 radical (unpaired) electrons. The van der Waals surface area contributed by atoms with Crippen molar-refractivity contribution in [1.29, 1.82) is 0 Å². The van der Waals surface area contributed by atoms with Crippen molar-refractivity contribution in [2.24, 2.45) is 0 Å². The lowest BCUT2D eigenvalue weighted by molar-refractivity contribution is -0.152. The second kappa shape index (κ2) is 9.81. The number of amides is 1. The van der Waals surface area contributed by atoms with Gasteiger partial charge in [0.2, 0.25) is 0 Å². The van der Waals surface area contributed by atoms with Gasteiger partial charge in [-0.05, 0) is 68.3 Å². The Labute approximate surface area is 191 Å². The molecular formula is C26H25F2NO4. The Bertz CT molecular complexity index is 1130. The standard InChI is InChI=1S/C26H25F2NO4/c1-26(2,3)33-23(30)16-29(25(31)24-21(27)9-6-10-22(24)28)19-8-5-7-18(15-19)17-11-13-20(32-4)14-12-17/h5-15H,16H2,1-4H3. The second-order valence-corrected chi connectivity index (χ2v) is 8.35. The van der Waals surface area contributed by atoms with E-state index >= 15 is 0 Å². The zero-order valence-corrected chi connectivity index (χ0v) is 18.9. The molecule has 0 unspecified atom stereocenters. The number of anilines is 1. The van der Waals surface area contributed by atoms with E-state index in [2.05, 4.69) is 0 Å². The van der Waals surface area contributed by atoms with Crippen molar-refractivity contribution in [3.05, 3.63) is 83.9 Å². The van der Waals surface area contributed by atoms with Gasteiger partial charge in [0.1, 0.15) is 35.1 Å². The van der Waals surface area contributed by atoms with Crippen molar-refractivity contribution in [3.8, 4) is 16.9 Å². The molecule has 0 fully saturated rings. The monoisotopic (exact) mass is 453 g/mol. The van der Waals surface area contributed by atoms with Crippen LogP contribution in [0.3, 0.4) is 0 Å². The highest BCUT2D eigenvalue weighted by atomic mass is 19.1. The van der Waals surface area contributed by atoms with Crippen LogP contribution in [-0.2, 0) is 9.53 Å². The maximum Gasteiger partial charge on any atom is 0.326 e. The van der Waals surface area contributed by atoms with Gasteiger partial charge in [0, 0.05) is 5.69 Å². The second-order valence-electron chi connectivity index (χ2n) is 8.35. The van der Waals surface area contributed by atoms with Crippen LogP contribution in [0, 0.1) is 11.6 Å². The topological polar surface area (TPSA) is 55.8 Å². The first-order chi connectivity index (χ1) is 15.6. The molecule has 0 atom stereocenters. The summed E-state index contributed by atoms with van der Waals surface area (Å²) < 4.78 is 39.3. The molecule has 0 aliphatic heterocycles. The van der Waals surface area contributed by atoms with E-state index in [9.17, 15) is 18.4 Å². The van der Waals surface area contributed by atoms with Crippen LogP contribution < -0.4 is 9.64 Å². The van der Waals surface area contributed by atoms with Gasteiger partial charge in [0.05, 0.1) is 7.11 Å². The summed E-state index contributed by atoms with van der Waals surface area (Å²) in [7, 11) is 1.57. The van der Waals surface area contributed by atoms with Crippen molar-refractivity contribution in [1.82, 2.24) is 0 Å². The number of ether oxygens (including phenoxy) is 2. The Hall–Kier alpha value is -3.74. The molecule has 33 heavy (non-hydrogen) atoms. The third kappa shape index (κ3) is 5.94. The minimum absolute atomic E-state index is 0.293. The summed E-state index contributed by atoms with van der Waals surface area (Å²) in [6, 6.07) is 17.2. The lowest BCUT2D eigenvalue weighted by Gasteiger charge is -2.26. The molecular weight excluding hydrogens is 428 g/mol. The predicted molar refractivity (Wildman–Crippen MR) is 122 cm³/mol. The van der Waals surface area contributed by atoms with Crippen molar-refractivity contribution in [2.75, 3.05) is 18.6 Å². The Balaban J connectivity index is 2.03. The highest BCUT2D eigenvalue weighted by Crippen LogP contribution is 2.28. The predicted octanol–water partition coefficient (Wildman–Crippen LogP) is 5.63. The molecule has 0 aromatic heterocycles. The van der Waals surface area contributed by atoms with Gasteiger partial charge in [-0.15, -0.1) is 0 Å². The third-order valence-corrected chi connectivity index (χ3v) is 4.71. The number of carbonyl (C=O) groups excluding carboxylic acids is 2. The average molecular weight is 453 g/mol. The summed E-state index contributed by atoms with van der Waals surface area (Å²) in [5.41, 5.74) is 0.336. The maximum atomic E-state index is 14.4. The van der Waals surface area contributed by atoms with Crippen LogP contribution in [0.25, 0.3) is 11.1 Å². The summed E-state index contributed by atoms with van der Waals surface area (Å²) in [5, 5.41) is 0. The lowest BCUT2D eigenvalue weighted by atomic mass is 10.0. The van der Waals surface area contributed by atoms with E-state index in [1.165, 1.54) is 6.07 Å². The van der Waals surface area contributed by atoms with Crippen LogP contribution >= 0.6 is 0 Å². The fraction of sp³-hybridized carbons (Fsp3) is 0.231. The van der Waals surface area contributed by atoms with Crippen molar-refractivity contribution in [3.63, 3.8) is 0 Å². The number of hydrogen-bond acceptors (Lipinski definition) is 4. The first-order valence-electron chi connectivity index (χ1n) is 10.3. The zero-order valence-electron chi connectivity index (χ0n) is 18.9. The number of benzene rings is 3. The van der Waals surface area contributed by atoms with E-state index in [0.717, 1.165) is 28.2 Å². The van der Waals surface area contributed by atoms with E-state index < -0.39 is 41.2 Å². The smallest absolute Gasteiger partial charge is 0.326 e. The molecule has 0 bridgehead atoms. The van der Waals surface area contributed by atoms with E-state index in [1.807, 2.05) is 18.2 Å². The average Bonchev–Trinajstić information content (AvgIpc) is 2.76. The first-order valence-corrected chi connectivity index (χ1v) is 10.3. The van der Waals surface area contributed by atoms with Gasteiger partial charge in [-0.2, -0.15) is 0 Å². The summed E-state index contributed by atoms with van der Waals surface area (Å²) in [4.78, 5) is 26.8. The fourth-order valence-corrected chi connectivity index (χ4v) is 3.26. The molecule has 3 rings (SSSR count). The van der Waals surface area contributed by atoms with E-state index in [4.69, 9.17) is 9.47 Å².